The number of nitrogens with two attached hydrogens (primary N) is 2. The highest BCUT2D eigenvalue weighted by Gasteiger charge is 2.29. The number of benzene rings is 1. The van der Waals surface area contributed by atoms with E-state index in [0.29, 0.717) is 5.92 Å². The molecule has 0 spiro atoms. The van der Waals surface area contributed by atoms with Gasteiger partial charge in [-0.2, -0.15) is 0 Å². The lowest BCUT2D eigenvalue weighted by atomic mass is 10.0. The lowest BCUT2D eigenvalue weighted by Crippen LogP contribution is -2.12. The van der Waals surface area contributed by atoms with Gasteiger partial charge < -0.3 is 11.5 Å². The van der Waals surface area contributed by atoms with Crippen LogP contribution in [0, 0.1) is 5.92 Å². The van der Waals surface area contributed by atoms with Gasteiger partial charge in [-0.3, -0.25) is 0 Å². The second kappa shape index (κ2) is 2.79. The quantitative estimate of drug-likeness (QED) is 0.650. The van der Waals surface area contributed by atoms with Crippen LogP contribution in [0.25, 0.3) is 0 Å². The number of hydrogen-bond donors (Lipinski definition) is 2. The van der Waals surface area contributed by atoms with Crippen molar-refractivity contribution < 1.29 is 0 Å². The molecule has 2 rings (SSSR count). The zero-order valence-electron chi connectivity index (χ0n) is 7.03. The Balaban J connectivity index is 2.20. The van der Waals surface area contributed by atoms with Crippen molar-refractivity contribution >= 4 is 5.69 Å². The third-order valence-corrected chi connectivity index (χ3v) is 2.43. The van der Waals surface area contributed by atoms with Crippen molar-refractivity contribution in [2.24, 2.45) is 11.7 Å². The average Bonchev–Trinajstić information content (AvgIpc) is 2.85. The molecule has 64 valence electrons. The van der Waals surface area contributed by atoms with Crippen molar-refractivity contribution in [1.29, 1.82) is 0 Å². The van der Waals surface area contributed by atoms with Gasteiger partial charge in [-0.05, 0) is 36.5 Å². The van der Waals surface area contributed by atoms with Crippen molar-refractivity contribution in [2.45, 2.75) is 18.9 Å². The van der Waals surface area contributed by atoms with Gasteiger partial charge in [0, 0.05) is 11.7 Å². The van der Waals surface area contributed by atoms with E-state index in [2.05, 4.69) is 6.07 Å². The largest absolute Gasteiger partial charge is 0.399 e. The molecule has 0 radical (unpaired) electrons. The molecule has 1 aromatic carbocycles. The smallest absolute Gasteiger partial charge is 0.0324 e. The summed E-state index contributed by atoms with van der Waals surface area (Å²) in [5.41, 5.74) is 13.7. The monoisotopic (exact) mass is 162 g/mol. The molecule has 0 amide bonds. The molecule has 1 saturated carbocycles. The van der Waals surface area contributed by atoms with E-state index in [1.54, 1.807) is 0 Å². The van der Waals surface area contributed by atoms with Gasteiger partial charge in [0.25, 0.3) is 0 Å². The number of anilines is 1. The van der Waals surface area contributed by atoms with E-state index in [9.17, 15) is 0 Å². The Hall–Kier alpha value is -1.02. The fourth-order valence-electron chi connectivity index (χ4n) is 1.49. The maximum atomic E-state index is 6.01. The van der Waals surface area contributed by atoms with E-state index in [0.717, 1.165) is 5.69 Å². The maximum Gasteiger partial charge on any atom is 0.0324 e. The Morgan fingerprint density at radius 1 is 1.33 bits per heavy atom. The van der Waals surface area contributed by atoms with Crippen LogP contribution in [0.1, 0.15) is 24.4 Å². The Kier molecular flexibility index (Phi) is 1.77. The van der Waals surface area contributed by atoms with Crippen LogP contribution < -0.4 is 11.5 Å². The van der Waals surface area contributed by atoms with Gasteiger partial charge in [0.05, 0.1) is 0 Å². The third kappa shape index (κ3) is 1.43. The summed E-state index contributed by atoms with van der Waals surface area (Å²) < 4.78 is 0. The fraction of sp³-hybridized carbons (Fsp3) is 0.400. The standard InChI is InChI=1S/C10H14N2/c11-9-3-1-2-8(6-9)10(12)7-4-5-7/h1-3,6-7,10H,4-5,11-12H2/t10-/m0/s1. The van der Waals surface area contributed by atoms with Gasteiger partial charge in [0.2, 0.25) is 0 Å². The van der Waals surface area contributed by atoms with E-state index in [1.807, 2.05) is 18.2 Å². The molecule has 1 aliphatic carbocycles. The molecule has 0 aromatic heterocycles. The third-order valence-electron chi connectivity index (χ3n) is 2.43. The van der Waals surface area contributed by atoms with Crippen molar-refractivity contribution in [3.05, 3.63) is 29.8 Å². The molecular weight excluding hydrogens is 148 g/mol. The van der Waals surface area contributed by atoms with E-state index < -0.39 is 0 Å². The predicted octanol–water partition coefficient (Wildman–Crippen LogP) is 1.68. The second-order valence-electron chi connectivity index (χ2n) is 3.53. The summed E-state index contributed by atoms with van der Waals surface area (Å²) in [5, 5.41) is 0. The summed E-state index contributed by atoms with van der Waals surface area (Å²) >= 11 is 0. The van der Waals surface area contributed by atoms with Gasteiger partial charge in [0.15, 0.2) is 0 Å². The minimum atomic E-state index is 0.202. The lowest BCUT2D eigenvalue weighted by Gasteiger charge is -2.10. The zero-order chi connectivity index (χ0) is 8.55. The molecule has 1 atom stereocenters. The second-order valence-corrected chi connectivity index (χ2v) is 3.53. The summed E-state index contributed by atoms with van der Waals surface area (Å²) in [6.45, 7) is 0. The van der Waals surface area contributed by atoms with Gasteiger partial charge >= 0.3 is 0 Å². The molecule has 2 nitrogen and oxygen atoms in total. The lowest BCUT2D eigenvalue weighted by molar-refractivity contribution is 0.634. The molecule has 1 aromatic rings. The molecule has 1 aliphatic rings. The van der Waals surface area contributed by atoms with Crippen molar-refractivity contribution in [1.82, 2.24) is 0 Å². The number of nitrogen functional groups attached to an aromatic ring is 1. The van der Waals surface area contributed by atoms with Crippen LogP contribution in [-0.2, 0) is 0 Å². The molecule has 0 heterocycles. The highest BCUT2D eigenvalue weighted by Crippen LogP contribution is 2.39. The molecule has 12 heavy (non-hydrogen) atoms. The molecule has 1 fully saturated rings. The minimum Gasteiger partial charge on any atom is -0.399 e. The first-order valence-electron chi connectivity index (χ1n) is 4.38. The fourth-order valence-corrected chi connectivity index (χ4v) is 1.49. The van der Waals surface area contributed by atoms with Crippen LogP contribution >= 0.6 is 0 Å². The Bertz CT molecular complexity index is 279. The zero-order valence-corrected chi connectivity index (χ0v) is 7.03. The molecule has 4 N–H and O–H groups in total. The van der Waals surface area contributed by atoms with Crippen molar-refractivity contribution in [2.75, 3.05) is 5.73 Å². The number of rotatable bonds is 2. The molecule has 0 saturated heterocycles. The Morgan fingerprint density at radius 3 is 2.67 bits per heavy atom. The van der Waals surface area contributed by atoms with Gasteiger partial charge in [-0.15, -0.1) is 0 Å². The topological polar surface area (TPSA) is 52.0 Å². The minimum absolute atomic E-state index is 0.202. The van der Waals surface area contributed by atoms with Crippen LogP contribution in [0.4, 0.5) is 5.69 Å². The van der Waals surface area contributed by atoms with Crippen LogP contribution in [0.15, 0.2) is 24.3 Å². The molecule has 0 bridgehead atoms. The summed E-state index contributed by atoms with van der Waals surface area (Å²) in [5.74, 6) is 0.701. The summed E-state index contributed by atoms with van der Waals surface area (Å²) in [7, 11) is 0. The summed E-state index contributed by atoms with van der Waals surface area (Å²) in [6, 6.07) is 8.09. The highest BCUT2D eigenvalue weighted by atomic mass is 14.7. The average molecular weight is 162 g/mol. The predicted molar refractivity (Wildman–Crippen MR) is 50.5 cm³/mol. The van der Waals surface area contributed by atoms with Gasteiger partial charge in [-0.1, -0.05) is 12.1 Å². The summed E-state index contributed by atoms with van der Waals surface area (Å²) in [6.07, 6.45) is 2.55. The molecule has 0 aliphatic heterocycles. The maximum absolute atomic E-state index is 6.01. The SMILES string of the molecule is Nc1cccc([C@@H](N)C2CC2)c1. The molecule has 2 heteroatoms. The van der Waals surface area contributed by atoms with Crippen LogP contribution in [0.3, 0.4) is 0 Å². The first-order chi connectivity index (χ1) is 5.77. The highest BCUT2D eigenvalue weighted by molar-refractivity contribution is 5.41. The number of hydrogen-bond acceptors (Lipinski definition) is 2. The summed E-state index contributed by atoms with van der Waals surface area (Å²) in [4.78, 5) is 0. The van der Waals surface area contributed by atoms with Gasteiger partial charge in [0.1, 0.15) is 0 Å². The van der Waals surface area contributed by atoms with Crippen LogP contribution in [0.5, 0.6) is 0 Å². The van der Waals surface area contributed by atoms with Crippen molar-refractivity contribution in [3.63, 3.8) is 0 Å². The van der Waals surface area contributed by atoms with Crippen molar-refractivity contribution in [3.8, 4) is 0 Å². The Morgan fingerprint density at radius 2 is 2.08 bits per heavy atom. The molecule has 0 unspecified atom stereocenters. The van der Waals surface area contributed by atoms with Crippen LogP contribution in [-0.4, -0.2) is 0 Å². The van der Waals surface area contributed by atoms with E-state index in [4.69, 9.17) is 11.5 Å². The normalized spacial score (nSPS) is 19.1. The van der Waals surface area contributed by atoms with E-state index >= 15 is 0 Å². The first-order valence-corrected chi connectivity index (χ1v) is 4.38. The Labute approximate surface area is 72.6 Å². The van der Waals surface area contributed by atoms with E-state index in [-0.39, 0.29) is 6.04 Å². The first kappa shape index (κ1) is 7.62. The van der Waals surface area contributed by atoms with Crippen LogP contribution in [0.2, 0.25) is 0 Å². The molecular formula is C10H14N2. The van der Waals surface area contributed by atoms with E-state index in [1.165, 1.54) is 18.4 Å². The van der Waals surface area contributed by atoms with Gasteiger partial charge in [-0.25, -0.2) is 0 Å².